The summed E-state index contributed by atoms with van der Waals surface area (Å²) in [6.07, 6.45) is 0. The van der Waals surface area contributed by atoms with Crippen molar-refractivity contribution in [3.8, 4) is 0 Å². The van der Waals surface area contributed by atoms with Crippen LogP contribution in [-0.2, 0) is 6.54 Å². The van der Waals surface area contributed by atoms with Crippen LogP contribution in [-0.4, -0.2) is 11.0 Å². The number of hydrogen-bond donors (Lipinski definition) is 3. The van der Waals surface area contributed by atoms with Gasteiger partial charge in [-0.25, -0.2) is 9.59 Å². The fraction of sp³-hybridized carbons (Fsp3) is 0.0667. The Labute approximate surface area is 130 Å². The minimum absolute atomic E-state index is 0.362. The summed E-state index contributed by atoms with van der Waals surface area (Å²) in [4.78, 5) is 25.7. The number of H-pyrrole nitrogens is 1. The van der Waals surface area contributed by atoms with E-state index in [2.05, 4.69) is 15.6 Å². The van der Waals surface area contributed by atoms with Crippen LogP contribution in [0.2, 0.25) is 5.02 Å². The fourth-order valence-electron chi connectivity index (χ4n) is 2.03. The van der Waals surface area contributed by atoms with Gasteiger partial charge in [0.25, 0.3) is 0 Å². The topological polar surface area (TPSA) is 87.1 Å². The Morgan fingerprint density at radius 2 is 1.95 bits per heavy atom. The van der Waals surface area contributed by atoms with Gasteiger partial charge in [0, 0.05) is 11.6 Å². The summed E-state index contributed by atoms with van der Waals surface area (Å²) < 4.78 is 4.94. The molecule has 1 heterocycles. The summed E-state index contributed by atoms with van der Waals surface area (Å²) in [6.45, 7) is 0.362. The molecule has 0 unspecified atom stereocenters. The van der Waals surface area contributed by atoms with Crippen molar-refractivity contribution >= 4 is 34.4 Å². The Hall–Kier alpha value is -2.73. The zero-order chi connectivity index (χ0) is 15.5. The van der Waals surface area contributed by atoms with Crippen molar-refractivity contribution in [3.05, 3.63) is 63.6 Å². The first kappa shape index (κ1) is 14.2. The SMILES string of the molecule is O=C(NCc1ccc(Cl)cc1)Nc1cccc2oc(=O)[nH]c12. The van der Waals surface area contributed by atoms with E-state index in [9.17, 15) is 9.59 Å². The van der Waals surface area contributed by atoms with Crippen LogP contribution in [0, 0.1) is 0 Å². The number of anilines is 1. The molecule has 0 bridgehead atoms. The molecule has 0 saturated heterocycles. The third kappa shape index (κ3) is 3.12. The molecule has 0 radical (unpaired) electrons. The van der Waals surface area contributed by atoms with Crippen molar-refractivity contribution in [2.75, 3.05) is 5.32 Å². The number of benzene rings is 2. The number of carbonyl (C=O) groups excluding carboxylic acids is 1. The maximum absolute atomic E-state index is 11.9. The van der Waals surface area contributed by atoms with Gasteiger partial charge >= 0.3 is 11.8 Å². The maximum atomic E-state index is 11.9. The lowest BCUT2D eigenvalue weighted by Crippen LogP contribution is -2.28. The van der Waals surface area contributed by atoms with Crippen molar-refractivity contribution in [2.24, 2.45) is 0 Å². The molecule has 2 amide bonds. The molecule has 3 N–H and O–H groups in total. The number of oxazole rings is 1. The zero-order valence-corrected chi connectivity index (χ0v) is 12.1. The molecular formula is C15H12ClN3O3. The highest BCUT2D eigenvalue weighted by atomic mass is 35.5. The molecule has 1 aromatic heterocycles. The Balaban J connectivity index is 1.68. The maximum Gasteiger partial charge on any atom is 0.417 e. The number of aromatic amines is 1. The third-order valence-electron chi connectivity index (χ3n) is 3.07. The lowest BCUT2D eigenvalue weighted by atomic mass is 10.2. The van der Waals surface area contributed by atoms with Crippen LogP contribution in [0.4, 0.5) is 10.5 Å². The van der Waals surface area contributed by atoms with Gasteiger partial charge < -0.3 is 15.1 Å². The minimum Gasteiger partial charge on any atom is -0.408 e. The predicted octanol–water partition coefficient (Wildman–Crippen LogP) is 3.10. The van der Waals surface area contributed by atoms with Crippen LogP contribution in [0.1, 0.15) is 5.56 Å². The van der Waals surface area contributed by atoms with Crippen molar-refractivity contribution < 1.29 is 9.21 Å². The Kier molecular flexibility index (Phi) is 3.84. The van der Waals surface area contributed by atoms with Crippen LogP contribution in [0.15, 0.2) is 51.7 Å². The molecule has 22 heavy (non-hydrogen) atoms. The standard InChI is InChI=1S/C15H12ClN3O3/c16-10-6-4-9(5-7-10)8-17-14(20)18-11-2-1-3-12-13(11)19-15(21)22-12/h1-7H,8H2,(H,19,21)(H2,17,18,20). The minimum atomic E-state index is -0.564. The van der Waals surface area contributed by atoms with E-state index >= 15 is 0 Å². The fourth-order valence-corrected chi connectivity index (χ4v) is 2.15. The third-order valence-corrected chi connectivity index (χ3v) is 3.32. The second-order valence-electron chi connectivity index (χ2n) is 4.63. The molecule has 7 heteroatoms. The first-order chi connectivity index (χ1) is 10.6. The summed E-state index contributed by atoms with van der Waals surface area (Å²) in [6, 6.07) is 11.8. The molecule has 0 atom stereocenters. The van der Waals surface area contributed by atoms with Crippen LogP contribution in [0.25, 0.3) is 11.1 Å². The number of aromatic nitrogens is 1. The summed E-state index contributed by atoms with van der Waals surface area (Å²) in [5.41, 5.74) is 2.24. The first-order valence-electron chi connectivity index (χ1n) is 6.53. The number of rotatable bonds is 3. The van der Waals surface area contributed by atoms with Gasteiger partial charge in [-0.1, -0.05) is 29.8 Å². The lowest BCUT2D eigenvalue weighted by Gasteiger charge is -2.08. The molecule has 3 aromatic rings. The van der Waals surface area contributed by atoms with Gasteiger partial charge in [-0.2, -0.15) is 0 Å². The number of halogens is 1. The van der Waals surface area contributed by atoms with E-state index in [1.165, 1.54) is 0 Å². The number of carbonyl (C=O) groups is 1. The molecule has 0 aliphatic carbocycles. The summed E-state index contributed by atoms with van der Waals surface area (Å²) >= 11 is 5.80. The van der Waals surface area contributed by atoms with Gasteiger partial charge in [0.1, 0.15) is 5.52 Å². The summed E-state index contributed by atoms with van der Waals surface area (Å²) in [5.74, 6) is -0.564. The number of urea groups is 1. The Morgan fingerprint density at radius 1 is 1.18 bits per heavy atom. The van der Waals surface area contributed by atoms with Crippen LogP contribution >= 0.6 is 11.6 Å². The van der Waals surface area contributed by atoms with Crippen molar-refractivity contribution in [3.63, 3.8) is 0 Å². The number of nitrogens with one attached hydrogen (secondary N) is 3. The molecule has 2 aromatic carbocycles. The second-order valence-corrected chi connectivity index (χ2v) is 5.06. The number of hydrogen-bond acceptors (Lipinski definition) is 3. The zero-order valence-electron chi connectivity index (χ0n) is 11.4. The summed E-state index contributed by atoms with van der Waals surface area (Å²) in [5, 5.41) is 6.04. The van der Waals surface area contributed by atoms with Gasteiger partial charge in [-0.05, 0) is 29.8 Å². The smallest absolute Gasteiger partial charge is 0.408 e. The molecule has 6 nitrogen and oxygen atoms in total. The number of fused-ring (bicyclic) bond motifs is 1. The number of amides is 2. The predicted molar refractivity (Wildman–Crippen MR) is 84.1 cm³/mol. The highest BCUT2D eigenvalue weighted by Gasteiger charge is 2.09. The molecular weight excluding hydrogens is 306 g/mol. The van der Waals surface area contributed by atoms with Gasteiger partial charge in [-0.3, -0.25) is 4.98 Å². The van der Waals surface area contributed by atoms with Gasteiger partial charge in [-0.15, -0.1) is 0 Å². The van der Waals surface area contributed by atoms with E-state index in [4.69, 9.17) is 16.0 Å². The molecule has 0 aliphatic rings. The molecule has 112 valence electrons. The molecule has 0 aliphatic heterocycles. The van der Waals surface area contributed by atoms with E-state index in [1.807, 2.05) is 12.1 Å². The number of para-hydroxylation sites is 1. The van der Waals surface area contributed by atoms with Crippen LogP contribution in [0.3, 0.4) is 0 Å². The van der Waals surface area contributed by atoms with Crippen molar-refractivity contribution in [1.29, 1.82) is 0 Å². The van der Waals surface area contributed by atoms with Crippen LogP contribution in [0.5, 0.6) is 0 Å². The Morgan fingerprint density at radius 3 is 2.73 bits per heavy atom. The molecule has 0 saturated carbocycles. The van der Waals surface area contributed by atoms with Gasteiger partial charge in [0.15, 0.2) is 5.58 Å². The van der Waals surface area contributed by atoms with Crippen molar-refractivity contribution in [1.82, 2.24) is 10.3 Å². The molecule has 3 rings (SSSR count). The van der Waals surface area contributed by atoms with Gasteiger partial charge in [0.05, 0.1) is 5.69 Å². The Bertz CT molecular complexity index is 868. The molecule has 0 spiro atoms. The molecule has 0 fully saturated rings. The van der Waals surface area contributed by atoms with E-state index in [0.717, 1.165) is 5.56 Å². The lowest BCUT2D eigenvalue weighted by molar-refractivity contribution is 0.252. The van der Waals surface area contributed by atoms with E-state index < -0.39 is 5.76 Å². The van der Waals surface area contributed by atoms with Crippen LogP contribution < -0.4 is 16.4 Å². The quantitative estimate of drug-likeness (QED) is 0.693. The van der Waals surface area contributed by atoms with Crippen molar-refractivity contribution in [2.45, 2.75) is 6.54 Å². The van der Waals surface area contributed by atoms with Gasteiger partial charge in [0.2, 0.25) is 0 Å². The normalized spacial score (nSPS) is 10.6. The van der Waals surface area contributed by atoms with E-state index in [1.54, 1.807) is 30.3 Å². The average molecular weight is 318 g/mol. The second kappa shape index (κ2) is 5.95. The van der Waals surface area contributed by atoms with E-state index in [-0.39, 0.29) is 6.03 Å². The van der Waals surface area contributed by atoms with E-state index in [0.29, 0.717) is 28.4 Å². The largest absolute Gasteiger partial charge is 0.417 e. The first-order valence-corrected chi connectivity index (χ1v) is 6.91. The highest BCUT2D eigenvalue weighted by Crippen LogP contribution is 2.19. The average Bonchev–Trinajstić information content (AvgIpc) is 2.88. The monoisotopic (exact) mass is 317 g/mol. The summed E-state index contributed by atoms with van der Waals surface area (Å²) in [7, 11) is 0. The highest BCUT2D eigenvalue weighted by molar-refractivity contribution is 6.30.